The number of amidine groups is 1. The van der Waals surface area contributed by atoms with E-state index in [1.165, 1.54) is 5.57 Å². The van der Waals surface area contributed by atoms with Crippen LogP contribution in [0, 0.1) is 0 Å². The summed E-state index contributed by atoms with van der Waals surface area (Å²) in [7, 11) is 0. The predicted molar refractivity (Wildman–Crippen MR) is 68.6 cm³/mol. The van der Waals surface area contributed by atoms with Crippen molar-refractivity contribution in [2.45, 2.75) is 48.0 Å². The molecule has 84 valence electrons. The molecule has 0 fully saturated rings. The summed E-state index contributed by atoms with van der Waals surface area (Å²) in [5.74, 6) is 1.15. The second kappa shape index (κ2) is 7.16. The first-order valence-corrected chi connectivity index (χ1v) is 5.82. The largest absolute Gasteiger partial charge is 0.307 e. The van der Waals surface area contributed by atoms with Gasteiger partial charge in [-0.2, -0.15) is 0 Å². The number of allylic oxidation sites excluding steroid dienone is 2. The molecule has 0 spiro atoms. The molecule has 2 aliphatic heterocycles. The quantitative estimate of drug-likeness (QED) is 0.538. The van der Waals surface area contributed by atoms with Crippen molar-refractivity contribution in [2.75, 3.05) is 0 Å². The Balaban J connectivity index is 0.000000442. The van der Waals surface area contributed by atoms with E-state index in [1.807, 2.05) is 34.6 Å². The van der Waals surface area contributed by atoms with Crippen LogP contribution in [0.5, 0.6) is 0 Å². The Morgan fingerprint density at radius 3 is 2.33 bits per heavy atom. The average Bonchev–Trinajstić information content (AvgIpc) is 2.63. The Morgan fingerprint density at radius 1 is 1.13 bits per heavy atom. The van der Waals surface area contributed by atoms with Gasteiger partial charge in [0.2, 0.25) is 0 Å². The second-order valence-electron chi connectivity index (χ2n) is 2.99. The van der Waals surface area contributed by atoms with E-state index in [-0.39, 0.29) is 0 Å². The number of nitrogens with zero attached hydrogens (tertiary/aromatic N) is 2. The summed E-state index contributed by atoms with van der Waals surface area (Å²) in [5.41, 5.74) is 2.41. The minimum absolute atomic E-state index is 0.968. The number of fused-ring (bicyclic) bond motifs is 1. The summed E-state index contributed by atoms with van der Waals surface area (Å²) in [6.45, 7) is 12.1. The van der Waals surface area contributed by atoms with Gasteiger partial charge in [-0.1, -0.05) is 33.8 Å². The van der Waals surface area contributed by atoms with Crippen LogP contribution in [-0.4, -0.2) is 16.6 Å². The van der Waals surface area contributed by atoms with Crippen molar-refractivity contribution in [3.63, 3.8) is 0 Å². The first kappa shape index (κ1) is 13.8. The minimum Gasteiger partial charge on any atom is -0.202 e. The van der Waals surface area contributed by atoms with Crippen molar-refractivity contribution >= 4 is 12.1 Å². The van der Waals surface area contributed by atoms with E-state index < -0.39 is 0 Å². The van der Waals surface area contributed by atoms with Crippen LogP contribution in [0.2, 0.25) is 0 Å². The van der Waals surface area contributed by atoms with Crippen molar-refractivity contribution in [1.82, 2.24) is 0 Å². The molecule has 0 saturated heterocycles. The van der Waals surface area contributed by atoms with Gasteiger partial charge in [0.25, 0.3) is 0 Å². The SMILES string of the molecule is CC.CC.CC1=CCC2=NC(C)=C[N+]2=C1. The third-order valence-corrected chi connectivity index (χ3v) is 1.88. The van der Waals surface area contributed by atoms with Gasteiger partial charge in [-0.05, 0) is 17.5 Å². The van der Waals surface area contributed by atoms with Crippen molar-refractivity contribution < 1.29 is 4.58 Å². The lowest BCUT2D eigenvalue weighted by atomic mass is 10.2. The molecule has 0 bridgehead atoms. The van der Waals surface area contributed by atoms with Gasteiger partial charge in [0.1, 0.15) is 6.20 Å². The Labute approximate surface area is 93.7 Å². The Morgan fingerprint density at radius 2 is 1.73 bits per heavy atom. The van der Waals surface area contributed by atoms with Crippen LogP contribution in [0.1, 0.15) is 48.0 Å². The van der Waals surface area contributed by atoms with E-state index in [2.05, 4.69) is 35.0 Å². The monoisotopic (exact) mass is 207 g/mol. The van der Waals surface area contributed by atoms with Crippen LogP contribution in [0.25, 0.3) is 0 Å². The first-order valence-electron chi connectivity index (χ1n) is 5.82. The normalized spacial score (nSPS) is 16.7. The molecule has 0 aromatic rings. The van der Waals surface area contributed by atoms with Gasteiger partial charge in [0.05, 0.1) is 12.6 Å². The molecule has 0 aromatic carbocycles. The number of rotatable bonds is 0. The lowest BCUT2D eigenvalue weighted by molar-refractivity contribution is -0.317. The van der Waals surface area contributed by atoms with Crippen molar-refractivity contribution in [3.8, 4) is 0 Å². The Kier molecular flexibility index (Phi) is 6.59. The summed E-state index contributed by atoms with van der Waals surface area (Å²) in [6.07, 6.45) is 7.34. The lowest BCUT2D eigenvalue weighted by Crippen LogP contribution is -2.16. The number of hydrogen-bond acceptors (Lipinski definition) is 1. The maximum absolute atomic E-state index is 4.37. The molecule has 0 radical (unpaired) electrons. The molecule has 0 atom stereocenters. The topological polar surface area (TPSA) is 15.4 Å². The summed E-state index contributed by atoms with van der Waals surface area (Å²) < 4.78 is 2.10. The fraction of sp³-hybridized carbons (Fsp3) is 0.538. The number of hydrogen-bond donors (Lipinski definition) is 0. The summed E-state index contributed by atoms with van der Waals surface area (Å²) in [4.78, 5) is 4.37. The van der Waals surface area contributed by atoms with Crippen LogP contribution in [0.4, 0.5) is 0 Å². The summed E-state index contributed by atoms with van der Waals surface area (Å²) >= 11 is 0. The molecule has 2 heteroatoms. The van der Waals surface area contributed by atoms with Gasteiger partial charge < -0.3 is 0 Å². The second-order valence-corrected chi connectivity index (χ2v) is 2.99. The van der Waals surface area contributed by atoms with Crippen LogP contribution in [0.3, 0.4) is 0 Å². The van der Waals surface area contributed by atoms with Gasteiger partial charge in [0.15, 0.2) is 5.70 Å². The zero-order chi connectivity index (χ0) is 11.8. The third kappa shape index (κ3) is 3.82. The molecule has 0 aliphatic carbocycles. The van der Waals surface area contributed by atoms with E-state index in [9.17, 15) is 0 Å². The van der Waals surface area contributed by atoms with Crippen LogP contribution < -0.4 is 0 Å². The fourth-order valence-corrected chi connectivity index (χ4v) is 1.35. The maximum Gasteiger partial charge on any atom is 0.307 e. The predicted octanol–water partition coefficient (Wildman–Crippen LogP) is 3.75. The molecule has 2 heterocycles. The highest BCUT2D eigenvalue weighted by Crippen LogP contribution is 2.13. The minimum atomic E-state index is 0.968. The fourth-order valence-electron chi connectivity index (χ4n) is 1.35. The Hall–Kier alpha value is -1.18. The van der Waals surface area contributed by atoms with Crippen LogP contribution >= 0.6 is 0 Å². The van der Waals surface area contributed by atoms with Gasteiger partial charge in [0, 0.05) is 6.92 Å². The van der Waals surface area contributed by atoms with Crippen LogP contribution in [-0.2, 0) is 0 Å². The van der Waals surface area contributed by atoms with Crippen molar-refractivity contribution in [1.29, 1.82) is 0 Å². The molecule has 15 heavy (non-hydrogen) atoms. The van der Waals surface area contributed by atoms with Crippen molar-refractivity contribution in [2.24, 2.45) is 4.99 Å². The van der Waals surface area contributed by atoms with Crippen molar-refractivity contribution in [3.05, 3.63) is 23.5 Å². The molecule has 2 nitrogen and oxygen atoms in total. The van der Waals surface area contributed by atoms with E-state index in [0.29, 0.717) is 0 Å². The molecule has 0 unspecified atom stereocenters. The molecular formula is C13H23N2+. The molecule has 2 aliphatic rings. The molecule has 0 aromatic heterocycles. The lowest BCUT2D eigenvalue weighted by Gasteiger charge is -2.01. The standard InChI is InChI=1S/C9H11N2.2C2H6/c1-7-3-4-9-10-8(2)6-11(9)5-7;2*1-2/h3,5-6H,4H2,1-2H3;2*1-2H3/q+1;;. The smallest absolute Gasteiger partial charge is 0.202 e. The highest BCUT2D eigenvalue weighted by Gasteiger charge is 2.22. The zero-order valence-electron chi connectivity index (χ0n) is 10.8. The summed E-state index contributed by atoms with van der Waals surface area (Å²) in [5, 5.41) is 0. The van der Waals surface area contributed by atoms with E-state index in [0.717, 1.165) is 18.0 Å². The maximum atomic E-state index is 4.37. The molecule has 0 saturated carbocycles. The van der Waals surface area contributed by atoms with Crippen LogP contribution in [0.15, 0.2) is 28.5 Å². The number of aliphatic imine (C=N–C) groups is 1. The summed E-state index contributed by atoms with van der Waals surface area (Å²) in [6, 6.07) is 0. The van der Waals surface area contributed by atoms with E-state index in [4.69, 9.17) is 0 Å². The molecule has 2 rings (SSSR count). The van der Waals surface area contributed by atoms with Gasteiger partial charge >= 0.3 is 5.84 Å². The van der Waals surface area contributed by atoms with Gasteiger partial charge in [-0.25, -0.2) is 4.58 Å². The van der Waals surface area contributed by atoms with Gasteiger partial charge in [-0.15, -0.1) is 0 Å². The Bertz CT molecular complexity index is 317. The van der Waals surface area contributed by atoms with Gasteiger partial charge in [-0.3, -0.25) is 0 Å². The first-order chi connectivity index (χ1) is 7.25. The van der Waals surface area contributed by atoms with E-state index >= 15 is 0 Å². The average molecular weight is 207 g/mol. The molecule has 0 amide bonds. The highest BCUT2D eigenvalue weighted by molar-refractivity contribution is 5.89. The van der Waals surface area contributed by atoms with E-state index in [1.54, 1.807) is 0 Å². The highest BCUT2D eigenvalue weighted by atomic mass is 15.1. The zero-order valence-corrected chi connectivity index (χ0v) is 10.8. The molecular weight excluding hydrogens is 184 g/mol. The third-order valence-electron chi connectivity index (χ3n) is 1.88. The molecule has 0 N–H and O–H groups in total.